The first-order valence-corrected chi connectivity index (χ1v) is 4.99. The van der Waals surface area contributed by atoms with Crippen LogP contribution in [0.3, 0.4) is 0 Å². The van der Waals surface area contributed by atoms with Crippen LogP contribution in [0.1, 0.15) is 38.8 Å². The zero-order chi connectivity index (χ0) is 9.84. The molecule has 1 rings (SSSR count). The van der Waals surface area contributed by atoms with Crippen LogP contribution in [0.5, 0.6) is 0 Å². The minimum absolute atomic E-state index is 0.743. The molecule has 1 aromatic rings. The molecule has 0 bridgehead atoms. The average molecular weight is 175 g/mol. The van der Waals surface area contributed by atoms with Crippen molar-refractivity contribution in [3.63, 3.8) is 0 Å². The van der Waals surface area contributed by atoms with Gasteiger partial charge in [-0.1, -0.05) is 52.0 Å². The van der Waals surface area contributed by atoms with E-state index in [4.69, 9.17) is 0 Å². The van der Waals surface area contributed by atoms with Gasteiger partial charge >= 0.3 is 0 Å². The van der Waals surface area contributed by atoms with Crippen molar-refractivity contribution in [3.8, 4) is 0 Å². The van der Waals surface area contributed by atoms with E-state index in [9.17, 15) is 0 Å². The van der Waals surface area contributed by atoms with E-state index < -0.39 is 0 Å². The van der Waals surface area contributed by atoms with Gasteiger partial charge in [0.2, 0.25) is 0 Å². The summed E-state index contributed by atoms with van der Waals surface area (Å²) in [5.41, 5.74) is 2.83. The highest BCUT2D eigenvalue weighted by Crippen LogP contribution is 2.16. The lowest BCUT2D eigenvalue weighted by Gasteiger charge is -2.09. The molecule has 0 aromatic heterocycles. The zero-order valence-corrected chi connectivity index (χ0v) is 9.09. The molecule has 1 radical (unpaired) electrons. The van der Waals surface area contributed by atoms with E-state index >= 15 is 0 Å². The van der Waals surface area contributed by atoms with E-state index in [1.807, 2.05) is 0 Å². The van der Waals surface area contributed by atoms with Crippen molar-refractivity contribution < 1.29 is 0 Å². The molecule has 13 heavy (non-hydrogen) atoms. The lowest BCUT2D eigenvalue weighted by atomic mass is 9.97. The zero-order valence-electron chi connectivity index (χ0n) is 9.09. The monoisotopic (exact) mass is 175 g/mol. The Morgan fingerprint density at radius 1 is 1.23 bits per heavy atom. The van der Waals surface area contributed by atoms with Gasteiger partial charge < -0.3 is 0 Å². The van der Waals surface area contributed by atoms with Crippen molar-refractivity contribution in [2.45, 2.75) is 34.1 Å². The van der Waals surface area contributed by atoms with E-state index in [2.05, 4.69) is 52.0 Å². The van der Waals surface area contributed by atoms with Crippen molar-refractivity contribution in [2.75, 3.05) is 0 Å². The molecule has 0 amide bonds. The average Bonchev–Trinajstić information content (AvgIpc) is 2.03. The van der Waals surface area contributed by atoms with E-state index in [1.165, 1.54) is 23.5 Å². The Morgan fingerprint density at radius 3 is 2.46 bits per heavy atom. The summed E-state index contributed by atoms with van der Waals surface area (Å²) in [5.74, 6) is 2.14. The third-order valence-corrected chi connectivity index (χ3v) is 2.15. The molecule has 0 aliphatic carbocycles. The predicted molar refractivity (Wildman–Crippen MR) is 58.7 cm³/mol. The van der Waals surface area contributed by atoms with Crippen LogP contribution in [-0.4, -0.2) is 0 Å². The van der Waals surface area contributed by atoms with Crippen LogP contribution in [0.2, 0.25) is 0 Å². The maximum atomic E-state index is 2.30. The van der Waals surface area contributed by atoms with Crippen molar-refractivity contribution in [3.05, 3.63) is 41.3 Å². The molecule has 0 spiro atoms. The largest absolute Gasteiger partial charge is 0.0625 e. The summed E-state index contributed by atoms with van der Waals surface area (Å²) in [6.07, 6.45) is 1.18. The van der Waals surface area contributed by atoms with Crippen LogP contribution in [0.4, 0.5) is 0 Å². The van der Waals surface area contributed by atoms with E-state index in [0.717, 1.165) is 5.92 Å². The molecule has 0 saturated heterocycles. The van der Waals surface area contributed by atoms with Crippen molar-refractivity contribution in [1.29, 1.82) is 0 Å². The third kappa shape index (κ3) is 3.22. The Balaban J connectivity index is 2.79. The highest BCUT2D eigenvalue weighted by molar-refractivity contribution is 5.32. The first-order valence-electron chi connectivity index (χ1n) is 4.99. The van der Waals surface area contributed by atoms with Crippen molar-refractivity contribution in [1.82, 2.24) is 0 Å². The molecule has 0 heterocycles. The molecule has 0 fully saturated rings. The molecule has 0 nitrogen and oxygen atoms in total. The van der Waals surface area contributed by atoms with Gasteiger partial charge in [-0.2, -0.15) is 0 Å². The van der Waals surface area contributed by atoms with Gasteiger partial charge in [0.1, 0.15) is 0 Å². The Bertz CT molecular complexity index is 258. The number of benzene rings is 1. The summed E-state index contributed by atoms with van der Waals surface area (Å²) in [4.78, 5) is 0. The topological polar surface area (TPSA) is 0 Å². The SMILES string of the molecule is C[C](C)c1cccc(CC(C)C)c1. The molecule has 0 atom stereocenters. The first kappa shape index (κ1) is 10.3. The van der Waals surface area contributed by atoms with Gasteiger partial charge in [0, 0.05) is 0 Å². The normalized spacial score (nSPS) is 11.2. The number of hydrogen-bond acceptors (Lipinski definition) is 0. The minimum atomic E-state index is 0.743. The van der Waals surface area contributed by atoms with Gasteiger partial charge in [0.25, 0.3) is 0 Å². The highest BCUT2D eigenvalue weighted by atomic mass is 14.1. The Morgan fingerprint density at radius 2 is 1.92 bits per heavy atom. The lowest BCUT2D eigenvalue weighted by Crippen LogP contribution is -1.96. The second-order valence-corrected chi connectivity index (χ2v) is 4.30. The van der Waals surface area contributed by atoms with Crippen LogP contribution in [0.25, 0.3) is 0 Å². The smallest absolute Gasteiger partial charge is 0.00119 e. The molecule has 0 aliphatic heterocycles. The molecule has 0 aliphatic rings. The molecular weight excluding hydrogens is 156 g/mol. The van der Waals surface area contributed by atoms with Crippen LogP contribution >= 0.6 is 0 Å². The summed E-state index contributed by atoms with van der Waals surface area (Å²) in [6.45, 7) is 8.84. The summed E-state index contributed by atoms with van der Waals surface area (Å²) in [7, 11) is 0. The van der Waals surface area contributed by atoms with Gasteiger partial charge in [-0.15, -0.1) is 0 Å². The molecule has 0 heteroatoms. The van der Waals surface area contributed by atoms with Crippen LogP contribution < -0.4 is 0 Å². The standard InChI is InChI=1S/C13H19/c1-10(2)8-12-6-5-7-13(9-12)11(3)4/h5-7,9-10H,8H2,1-4H3. The van der Waals surface area contributed by atoms with E-state index in [1.54, 1.807) is 0 Å². The molecule has 0 unspecified atom stereocenters. The van der Waals surface area contributed by atoms with Gasteiger partial charge in [0.05, 0.1) is 0 Å². The number of hydrogen-bond donors (Lipinski definition) is 0. The fraction of sp³-hybridized carbons (Fsp3) is 0.462. The Labute approximate surface area is 82.0 Å². The molecule has 71 valence electrons. The Hall–Kier alpha value is -0.780. The molecular formula is C13H19. The van der Waals surface area contributed by atoms with Gasteiger partial charge in [0.15, 0.2) is 0 Å². The van der Waals surface area contributed by atoms with Crippen molar-refractivity contribution >= 4 is 0 Å². The third-order valence-electron chi connectivity index (χ3n) is 2.15. The summed E-state index contributed by atoms with van der Waals surface area (Å²) in [6, 6.07) is 8.85. The first-order chi connectivity index (χ1) is 6.09. The van der Waals surface area contributed by atoms with Gasteiger partial charge in [-0.05, 0) is 29.4 Å². The predicted octanol–water partition coefficient (Wildman–Crippen LogP) is 3.85. The van der Waals surface area contributed by atoms with Crippen LogP contribution in [0.15, 0.2) is 24.3 Å². The Kier molecular flexibility index (Phi) is 3.53. The van der Waals surface area contributed by atoms with Crippen LogP contribution in [-0.2, 0) is 6.42 Å². The fourth-order valence-electron chi connectivity index (χ4n) is 1.48. The second kappa shape index (κ2) is 4.45. The second-order valence-electron chi connectivity index (χ2n) is 4.30. The quantitative estimate of drug-likeness (QED) is 0.654. The minimum Gasteiger partial charge on any atom is -0.0625 e. The fourth-order valence-corrected chi connectivity index (χ4v) is 1.48. The number of rotatable bonds is 3. The van der Waals surface area contributed by atoms with Gasteiger partial charge in [-0.3, -0.25) is 0 Å². The van der Waals surface area contributed by atoms with Crippen molar-refractivity contribution in [2.24, 2.45) is 5.92 Å². The van der Waals surface area contributed by atoms with E-state index in [0.29, 0.717) is 0 Å². The summed E-state index contributed by atoms with van der Waals surface area (Å²) >= 11 is 0. The maximum absolute atomic E-state index is 2.30. The molecule has 1 aromatic carbocycles. The van der Waals surface area contributed by atoms with Gasteiger partial charge in [-0.25, -0.2) is 0 Å². The summed E-state index contributed by atoms with van der Waals surface area (Å²) in [5, 5.41) is 0. The van der Waals surface area contributed by atoms with E-state index in [-0.39, 0.29) is 0 Å². The molecule has 0 saturated carbocycles. The summed E-state index contributed by atoms with van der Waals surface area (Å²) < 4.78 is 0. The highest BCUT2D eigenvalue weighted by Gasteiger charge is 2.01. The maximum Gasteiger partial charge on any atom is -0.00119 e. The molecule has 0 N–H and O–H groups in total. The lowest BCUT2D eigenvalue weighted by molar-refractivity contribution is 0.647. The van der Waals surface area contributed by atoms with Crippen LogP contribution in [0, 0.1) is 11.8 Å².